The van der Waals surface area contributed by atoms with Crippen LogP contribution in [-0.4, -0.2) is 23.9 Å². The summed E-state index contributed by atoms with van der Waals surface area (Å²) in [6.07, 6.45) is 3.36. The first-order valence-corrected chi connectivity index (χ1v) is 7.40. The molecule has 1 saturated heterocycles. The topological polar surface area (TPSA) is 20.3 Å². The fourth-order valence-electron chi connectivity index (χ4n) is 2.97. The van der Waals surface area contributed by atoms with E-state index in [1.807, 2.05) is 4.90 Å². The number of likely N-dealkylation sites (tertiary alicyclic amines) is 1. The van der Waals surface area contributed by atoms with Crippen LogP contribution in [0.3, 0.4) is 0 Å². The third kappa shape index (κ3) is 3.82. The Morgan fingerprint density at radius 3 is 2.58 bits per heavy atom. The average Bonchev–Trinajstić information content (AvgIpc) is 2.38. The Kier molecular flexibility index (Phi) is 4.62. The number of hydrogen-bond acceptors (Lipinski definition) is 1. The van der Waals surface area contributed by atoms with Crippen LogP contribution in [0.4, 0.5) is 0 Å². The number of hydrogen-bond donors (Lipinski definition) is 0. The van der Waals surface area contributed by atoms with Gasteiger partial charge >= 0.3 is 0 Å². The highest BCUT2D eigenvalue weighted by Gasteiger charge is 2.21. The average molecular weight is 259 g/mol. The summed E-state index contributed by atoms with van der Waals surface area (Å²) in [4.78, 5) is 13.3. The Hall–Kier alpha value is -1.31. The van der Waals surface area contributed by atoms with Crippen LogP contribution in [0.15, 0.2) is 24.3 Å². The summed E-state index contributed by atoms with van der Waals surface area (Å²) >= 11 is 0. The predicted octanol–water partition coefficient (Wildman–Crippen LogP) is 3.61. The lowest BCUT2D eigenvalue weighted by Gasteiger charge is -2.31. The van der Waals surface area contributed by atoms with Gasteiger partial charge in [0, 0.05) is 20.0 Å². The van der Waals surface area contributed by atoms with Gasteiger partial charge < -0.3 is 4.90 Å². The highest BCUT2D eigenvalue weighted by atomic mass is 16.2. The first-order chi connectivity index (χ1) is 9.06. The van der Waals surface area contributed by atoms with Gasteiger partial charge in [0.2, 0.25) is 5.91 Å². The quantitative estimate of drug-likeness (QED) is 0.812. The molecule has 0 spiro atoms. The van der Waals surface area contributed by atoms with Crippen molar-refractivity contribution in [3.8, 4) is 0 Å². The largest absolute Gasteiger partial charge is 0.343 e. The predicted molar refractivity (Wildman–Crippen MR) is 79.2 cm³/mol. The SMILES string of the molecule is CC(=O)N1CCC(c2cccc(CC(C)C)c2)CC1. The van der Waals surface area contributed by atoms with E-state index in [1.165, 1.54) is 11.1 Å². The standard InChI is InChI=1S/C17H25NO/c1-13(2)11-15-5-4-6-17(12-15)16-7-9-18(10-8-16)14(3)19/h4-6,12-13,16H,7-11H2,1-3H3. The fraction of sp³-hybridized carbons (Fsp3) is 0.588. The van der Waals surface area contributed by atoms with Crippen LogP contribution in [0.2, 0.25) is 0 Å². The third-order valence-electron chi connectivity index (χ3n) is 4.01. The summed E-state index contributed by atoms with van der Waals surface area (Å²) in [6.45, 7) is 8.02. The van der Waals surface area contributed by atoms with E-state index in [4.69, 9.17) is 0 Å². The van der Waals surface area contributed by atoms with Crippen molar-refractivity contribution >= 4 is 5.91 Å². The number of nitrogens with zero attached hydrogens (tertiary/aromatic N) is 1. The van der Waals surface area contributed by atoms with E-state index in [-0.39, 0.29) is 5.91 Å². The molecule has 1 aliphatic heterocycles. The number of rotatable bonds is 3. The van der Waals surface area contributed by atoms with Gasteiger partial charge in [-0.15, -0.1) is 0 Å². The lowest BCUT2D eigenvalue weighted by Crippen LogP contribution is -2.36. The zero-order chi connectivity index (χ0) is 13.8. The highest BCUT2D eigenvalue weighted by Crippen LogP contribution is 2.28. The minimum absolute atomic E-state index is 0.215. The monoisotopic (exact) mass is 259 g/mol. The van der Waals surface area contributed by atoms with E-state index < -0.39 is 0 Å². The normalized spacial score (nSPS) is 16.9. The zero-order valence-corrected chi connectivity index (χ0v) is 12.4. The van der Waals surface area contributed by atoms with Gasteiger partial charge in [-0.25, -0.2) is 0 Å². The van der Waals surface area contributed by atoms with E-state index in [0.29, 0.717) is 11.8 Å². The summed E-state index contributed by atoms with van der Waals surface area (Å²) in [6, 6.07) is 9.03. The summed E-state index contributed by atoms with van der Waals surface area (Å²) < 4.78 is 0. The van der Waals surface area contributed by atoms with E-state index in [1.54, 1.807) is 6.92 Å². The van der Waals surface area contributed by atoms with Gasteiger partial charge in [-0.3, -0.25) is 4.79 Å². The van der Waals surface area contributed by atoms with Crippen molar-refractivity contribution in [2.24, 2.45) is 5.92 Å². The molecular formula is C17H25NO. The molecule has 104 valence electrons. The van der Waals surface area contributed by atoms with Crippen LogP contribution in [0.5, 0.6) is 0 Å². The maximum absolute atomic E-state index is 11.3. The zero-order valence-electron chi connectivity index (χ0n) is 12.4. The molecule has 1 heterocycles. The first-order valence-electron chi connectivity index (χ1n) is 7.40. The second kappa shape index (κ2) is 6.23. The van der Waals surface area contributed by atoms with E-state index in [9.17, 15) is 4.79 Å². The molecule has 0 unspecified atom stereocenters. The molecule has 1 fully saturated rings. The van der Waals surface area contributed by atoms with E-state index >= 15 is 0 Å². The van der Waals surface area contributed by atoms with Crippen LogP contribution in [0.25, 0.3) is 0 Å². The maximum atomic E-state index is 11.3. The van der Waals surface area contributed by atoms with Gasteiger partial charge in [-0.2, -0.15) is 0 Å². The molecular weight excluding hydrogens is 234 g/mol. The lowest BCUT2D eigenvalue weighted by atomic mass is 9.87. The van der Waals surface area contributed by atoms with Gasteiger partial charge in [0.05, 0.1) is 0 Å². The minimum atomic E-state index is 0.215. The molecule has 0 atom stereocenters. The summed E-state index contributed by atoms with van der Waals surface area (Å²) in [5.41, 5.74) is 2.91. The molecule has 2 rings (SSSR count). The molecule has 1 aliphatic rings. The molecule has 1 amide bonds. The molecule has 0 radical (unpaired) electrons. The van der Waals surface area contributed by atoms with Crippen molar-refractivity contribution in [3.05, 3.63) is 35.4 Å². The summed E-state index contributed by atoms with van der Waals surface area (Å²) in [5, 5.41) is 0. The van der Waals surface area contributed by atoms with Crippen LogP contribution >= 0.6 is 0 Å². The van der Waals surface area contributed by atoms with E-state index in [0.717, 1.165) is 32.4 Å². The molecule has 1 aromatic rings. The molecule has 2 heteroatoms. The number of carbonyl (C=O) groups is 1. The van der Waals surface area contributed by atoms with Crippen molar-refractivity contribution in [3.63, 3.8) is 0 Å². The number of piperidine rings is 1. The maximum Gasteiger partial charge on any atom is 0.219 e. The Morgan fingerprint density at radius 1 is 1.32 bits per heavy atom. The first kappa shape index (κ1) is 14.1. The third-order valence-corrected chi connectivity index (χ3v) is 4.01. The van der Waals surface area contributed by atoms with Crippen LogP contribution < -0.4 is 0 Å². The summed E-state index contributed by atoms with van der Waals surface area (Å²) in [7, 11) is 0. The Balaban J connectivity index is 2.01. The molecule has 19 heavy (non-hydrogen) atoms. The smallest absolute Gasteiger partial charge is 0.219 e. The fourth-order valence-corrected chi connectivity index (χ4v) is 2.97. The number of amides is 1. The van der Waals surface area contributed by atoms with Gasteiger partial charge in [0.15, 0.2) is 0 Å². The summed E-state index contributed by atoms with van der Waals surface area (Å²) in [5.74, 6) is 1.55. The second-order valence-electron chi connectivity index (χ2n) is 6.12. The van der Waals surface area contributed by atoms with Crippen molar-refractivity contribution in [2.45, 2.75) is 46.0 Å². The molecule has 1 aromatic carbocycles. The van der Waals surface area contributed by atoms with Crippen molar-refractivity contribution in [1.82, 2.24) is 4.90 Å². The van der Waals surface area contributed by atoms with Crippen LogP contribution in [-0.2, 0) is 11.2 Å². The molecule has 0 saturated carbocycles. The molecule has 0 aliphatic carbocycles. The molecule has 0 bridgehead atoms. The Bertz CT molecular complexity index is 431. The molecule has 2 nitrogen and oxygen atoms in total. The van der Waals surface area contributed by atoms with Crippen LogP contribution in [0.1, 0.15) is 50.7 Å². The number of benzene rings is 1. The minimum Gasteiger partial charge on any atom is -0.343 e. The Morgan fingerprint density at radius 2 is 2.00 bits per heavy atom. The number of carbonyl (C=O) groups excluding carboxylic acids is 1. The van der Waals surface area contributed by atoms with E-state index in [2.05, 4.69) is 38.1 Å². The molecule has 0 aromatic heterocycles. The van der Waals surface area contributed by atoms with Gasteiger partial charge in [-0.05, 0) is 42.2 Å². The second-order valence-corrected chi connectivity index (χ2v) is 6.12. The van der Waals surface area contributed by atoms with Gasteiger partial charge in [0.25, 0.3) is 0 Å². The lowest BCUT2D eigenvalue weighted by molar-refractivity contribution is -0.129. The van der Waals surface area contributed by atoms with Gasteiger partial charge in [-0.1, -0.05) is 38.1 Å². The van der Waals surface area contributed by atoms with Gasteiger partial charge in [0.1, 0.15) is 0 Å². The van der Waals surface area contributed by atoms with Crippen molar-refractivity contribution < 1.29 is 4.79 Å². The van der Waals surface area contributed by atoms with Crippen molar-refractivity contribution in [2.75, 3.05) is 13.1 Å². The van der Waals surface area contributed by atoms with Crippen molar-refractivity contribution in [1.29, 1.82) is 0 Å². The van der Waals surface area contributed by atoms with Crippen LogP contribution in [0, 0.1) is 5.92 Å². The Labute approximate surface area is 116 Å². The molecule has 0 N–H and O–H groups in total. The highest BCUT2D eigenvalue weighted by molar-refractivity contribution is 5.73.